The monoisotopic (exact) mass is 441 g/mol. The molecule has 0 aromatic carbocycles. The molecule has 1 aliphatic heterocycles. The van der Waals surface area contributed by atoms with E-state index in [1.54, 1.807) is 26.1 Å². The number of aliphatic hydroxyl groups is 1. The number of rotatable bonds is 6. The fourth-order valence-corrected chi connectivity index (χ4v) is 4.11. The van der Waals surface area contributed by atoms with Gasteiger partial charge in [0.05, 0.1) is 29.8 Å². The van der Waals surface area contributed by atoms with E-state index >= 15 is 0 Å². The maximum atomic E-state index is 12.1. The van der Waals surface area contributed by atoms with E-state index in [-0.39, 0.29) is 6.10 Å². The Bertz CT molecular complexity index is 1050. The first-order chi connectivity index (χ1) is 15.0. The lowest BCUT2D eigenvalue weighted by Crippen LogP contribution is -2.36. The molecule has 1 aliphatic rings. The Morgan fingerprint density at radius 1 is 1.29 bits per heavy atom. The lowest BCUT2D eigenvalue weighted by atomic mass is 10.1. The molecule has 0 aliphatic carbocycles. The number of anilines is 3. The topological polar surface area (TPSA) is 126 Å². The fourth-order valence-electron chi connectivity index (χ4n) is 3.25. The zero-order valence-electron chi connectivity index (χ0n) is 17.3. The maximum Gasteiger partial charge on any atom is 0.350 e. The highest BCUT2D eigenvalue weighted by molar-refractivity contribution is 7.17. The van der Waals surface area contributed by atoms with Crippen molar-refractivity contribution in [1.82, 2.24) is 24.9 Å². The summed E-state index contributed by atoms with van der Waals surface area (Å²) in [7, 11) is 0. The molecule has 3 aromatic rings. The summed E-state index contributed by atoms with van der Waals surface area (Å²) in [4.78, 5) is 36.6. The molecule has 0 atom stereocenters. The molecular weight excluding hydrogens is 418 g/mol. The molecule has 0 unspecified atom stereocenters. The highest BCUT2D eigenvalue weighted by Crippen LogP contribution is 2.28. The number of hydrogen-bond donors (Lipinski definition) is 2. The van der Waals surface area contributed by atoms with Gasteiger partial charge in [-0.25, -0.2) is 24.7 Å². The van der Waals surface area contributed by atoms with E-state index in [1.165, 1.54) is 17.7 Å². The van der Waals surface area contributed by atoms with Crippen molar-refractivity contribution in [3.63, 3.8) is 0 Å². The summed E-state index contributed by atoms with van der Waals surface area (Å²) in [6.07, 6.45) is 4.22. The molecule has 2 N–H and O–H groups in total. The van der Waals surface area contributed by atoms with Gasteiger partial charge >= 0.3 is 5.97 Å². The van der Waals surface area contributed by atoms with Gasteiger partial charge < -0.3 is 14.7 Å². The summed E-state index contributed by atoms with van der Waals surface area (Å²) < 4.78 is 5.09. The van der Waals surface area contributed by atoms with Crippen molar-refractivity contribution >= 4 is 34.2 Å². The summed E-state index contributed by atoms with van der Waals surface area (Å²) in [5.74, 6) is 0.687. The fraction of sp³-hybridized carbons (Fsp3) is 0.400. The highest BCUT2D eigenvalue weighted by atomic mass is 32.1. The molecule has 10 nitrogen and oxygen atoms in total. The van der Waals surface area contributed by atoms with E-state index in [0.29, 0.717) is 65.6 Å². The molecule has 1 fully saturated rings. The summed E-state index contributed by atoms with van der Waals surface area (Å²) in [5.41, 5.74) is 1.89. The van der Waals surface area contributed by atoms with Crippen LogP contribution in [0.1, 0.15) is 35.1 Å². The second-order valence-electron chi connectivity index (χ2n) is 7.03. The number of hydrogen-bond acceptors (Lipinski definition) is 11. The minimum absolute atomic E-state index is 0.281. The minimum atomic E-state index is -0.395. The van der Waals surface area contributed by atoms with Crippen LogP contribution < -0.4 is 10.2 Å². The van der Waals surface area contributed by atoms with E-state index in [0.717, 1.165) is 5.82 Å². The Morgan fingerprint density at radius 2 is 2.10 bits per heavy atom. The zero-order chi connectivity index (χ0) is 21.8. The quantitative estimate of drug-likeness (QED) is 0.551. The summed E-state index contributed by atoms with van der Waals surface area (Å²) in [6, 6.07) is 3.66. The smallest absolute Gasteiger partial charge is 0.350 e. The van der Waals surface area contributed by atoms with Crippen molar-refractivity contribution in [2.75, 3.05) is 29.9 Å². The zero-order valence-corrected chi connectivity index (χ0v) is 18.1. The molecule has 11 heteroatoms. The van der Waals surface area contributed by atoms with E-state index in [4.69, 9.17) is 4.74 Å². The number of esters is 1. The second-order valence-corrected chi connectivity index (χ2v) is 8.03. The van der Waals surface area contributed by atoms with Crippen LogP contribution in [0.25, 0.3) is 11.4 Å². The van der Waals surface area contributed by atoms with Crippen LogP contribution in [-0.2, 0) is 4.74 Å². The minimum Gasteiger partial charge on any atom is -0.462 e. The van der Waals surface area contributed by atoms with Gasteiger partial charge in [-0.2, -0.15) is 4.98 Å². The Labute approximate surface area is 183 Å². The van der Waals surface area contributed by atoms with Gasteiger partial charge in [-0.05, 0) is 32.8 Å². The second kappa shape index (κ2) is 9.31. The highest BCUT2D eigenvalue weighted by Gasteiger charge is 2.21. The molecule has 1 saturated heterocycles. The first-order valence-corrected chi connectivity index (χ1v) is 10.8. The number of nitrogens with one attached hydrogen (secondary N) is 1. The van der Waals surface area contributed by atoms with Crippen LogP contribution in [-0.4, -0.2) is 61.8 Å². The van der Waals surface area contributed by atoms with Crippen LogP contribution in [0.3, 0.4) is 0 Å². The molecule has 0 radical (unpaired) electrons. The molecule has 0 bridgehead atoms. The number of carbonyl (C=O) groups is 1. The Morgan fingerprint density at radius 3 is 2.81 bits per heavy atom. The number of aryl methyl sites for hydroxylation is 1. The predicted molar refractivity (Wildman–Crippen MR) is 117 cm³/mol. The van der Waals surface area contributed by atoms with Crippen LogP contribution in [0.5, 0.6) is 0 Å². The van der Waals surface area contributed by atoms with Gasteiger partial charge in [-0.3, -0.25) is 5.32 Å². The van der Waals surface area contributed by atoms with Crippen LogP contribution in [0, 0.1) is 6.92 Å². The van der Waals surface area contributed by atoms with Crippen molar-refractivity contribution < 1.29 is 14.6 Å². The van der Waals surface area contributed by atoms with Crippen molar-refractivity contribution in [3.8, 4) is 11.4 Å². The lowest BCUT2D eigenvalue weighted by molar-refractivity contribution is 0.0531. The van der Waals surface area contributed by atoms with E-state index in [1.807, 2.05) is 6.07 Å². The van der Waals surface area contributed by atoms with Crippen LogP contribution in [0.4, 0.5) is 16.9 Å². The van der Waals surface area contributed by atoms with E-state index in [2.05, 4.69) is 35.1 Å². The van der Waals surface area contributed by atoms with E-state index in [9.17, 15) is 9.90 Å². The number of aromatic nitrogens is 5. The van der Waals surface area contributed by atoms with Gasteiger partial charge in [0.25, 0.3) is 0 Å². The average Bonchev–Trinajstić information content (AvgIpc) is 3.15. The number of thiazole rings is 1. The van der Waals surface area contributed by atoms with Gasteiger partial charge in [-0.15, -0.1) is 0 Å². The number of aliphatic hydroxyl groups excluding tert-OH is 1. The Balaban J connectivity index is 1.66. The van der Waals surface area contributed by atoms with E-state index < -0.39 is 5.97 Å². The van der Waals surface area contributed by atoms with Gasteiger partial charge in [0.1, 0.15) is 17.0 Å². The standard InChI is InChI=1S/C20H23N7O3S/c1-3-30-18(29)17-12(2)23-20(31-17)26-19-24-15(14-4-7-21-11-22-14)10-16(25-19)27-8-5-13(28)6-9-27/h4,7,10-11,13,28H,3,5-6,8-9H2,1-2H3,(H,23,24,25,26). The Kier molecular flexibility index (Phi) is 6.33. The summed E-state index contributed by atoms with van der Waals surface area (Å²) in [5, 5.41) is 13.5. The normalized spacial score (nSPS) is 14.5. The van der Waals surface area contributed by atoms with Gasteiger partial charge in [0.2, 0.25) is 5.95 Å². The number of nitrogens with zero attached hydrogens (tertiary/aromatic N) is 6. The lowest BCUT2D eigenvalue weighted by Gasteiger charge is -2.30. The van der Waals surface area contributed by atoms with Crippen LogP contribution in [0.2, 0.25) is 0 Å². The molecule has 0 saturated carbocycles. The first-order valence-electron chi connectivity index (χ1n) is 10.0. The number of carbonyl (C=O) groups excluding carboxylic acids is 1. The van der Waals surface area contributed by atoms with Crippen molar-refractivity contribution in [1.29, 1.82) is 0 Å². The van der Waals surface area contributed by atoms with Gasteiger partial charge in [0.15, 0.2) is 5.13 Å². The SMILES string of the molecule is CCOC(=O)c1sc(Nc2nc(-c3ccncn3)cc(N3CCC(O)CC3)n2)nc1C. The van der Waals surface area contributed by atoms with Crippen LogP contribution in [0.15, 0.2) is 24.7 Å². The third kappa shape index (κ3) is 4.94. The predicted octanol–water partition coefficient (Wildman–Crippen LogP) is 2.58. The largest absolute Gasteiger partial charge is 0.462 e. The first kappa shape index (κ1) is 21.1. The molecule has 0 spiro atoms. The van der Waals surface area contributed by atoms with Crippen molar-refractivity contribution in [2.24, 2.45) is 0 Å². The van der Waals surface area contributed by atoms with Crippen molar-refractivity contribution in [3.05, 3.63) is 35.2 Å². The average molecular weight is 442 g/mol. The molecule has 4 heterocycles. The molecule has 4 rings (SSSR count). The third-order valence-corrected chi connectivity index (χ3v) is 5.87. The molecule has 0 amide bonds. The molecule has 162 valence electrons. The Hall–Kier alpha value is -3.18. The summed E-state index contributed by atoms with van der Waals surface area (Å²) in [6.45, 7) is 5.23. The van der Waals surface area contributed by atoms with Crippen LogP contribution >= 0.6 is 11.3 Å². The third-order valence-electron chi connectivity index (χ3n) is 4.82. The van der Waals surface area contributed by atoms with Gasteiger partial charge in [-0.1, -0.05) is 11.3 Å². The number of ether oxygens (including phenoxy) is 1. The molecule has 3 aromatic heterocycles. The number of piperidine rings is 1. The van der Waals surface area contributed by atoms with Crippen molar-refractivity contribution in [2.45, 2.75) is 32.8 Å². The molecule has 31 heavy (non-hydrogen) atoms. The summed E-state index contributed by atoms with van der Waals surface area (Å²) >= 11 is 1.20. The molecular formula is C20H23N7O3S. The van der Waals surface area contributed by atoms with Gasteiger partial charge in [0, 0.05) is 25.4 Å². The maximum absolute atomic E-state index is 12.1.